The summed E-state index contributed by atoms with van der Waals surface area (Å²) in [5, 5.41) is 7.47. The molecule has 1 unspecified atom stereocenters. The van der Waals surface area contributed by atoms with E-state index in [1.807, 2.05) is 19.9 Å². The van der Waals surface area contributed by atoms with E-state index in [1.54, 1.807) is 28.9 Å². The third-order valence-corrected chi connectivity index (χ3v) is 5.24. The van der Waals surface area contributed by atoms with Crippen LogP contribution in [0.1, 0.15) is 28.8 Å². The molecule has 0 fully saturated rings. The zero-order chi connectivity index (χ0) is 22.0. The highest BCUT2D eigenvalue weighted by Crippen LogP contribution is 2.29. The van der Waals surface area contributed by atoms with Crippen LogP contribution in [-0.4, -0.2) is 32.7 Å². The van der Waals surface area contributed by atoms with Crippen molar-refractivity contribution in [3.05, 3.63) is 68.5 Å². The summed E-state index contributed by atoms with van der Waals surface area (Å²) < 4.78 is 6.83. The lowest BCUT2D eigenvalue weighted by atomic mass is 10.3. The topological polar surface area (TPSA) is 86.1 Å². The Bertz CT molecular complexity index is 1130. The summed E-state index contributed by atoms with van der Waals surface area (Å²) >= 11 is 18.1. The molecule has 2 aromatic heterocycles. The molecule has 0 spiro atoms. The van der Waals surface area contributed by atoms with Gasteiger partial charge in [-0.05, 0) is 51.1 Å². The molecule has 0 aliphatic heterocycles. The van der Waals surface area contributed by atoms with Crippen molar-refractivity contribution in [3.63, 3.8) is 0 Å². The molecule has 7 nitrogen and oxygen atoms in total. The van der Waals surface area contributed by atoms with Crippen molar-refractivity contribution < 1.29 is 14.3 Å². The molecule has 10 heteroatoms. The normalized spacial score (nSPS) is 11.8. The van der Waals surface area contributed by atoms with Crippen LogP contribution in [-0.2, 0) is 9.53 Å². The molecule has 0 saturated carbocycles. The van der Waals surface area contributed by atoms with E-state index in [0.29, 0.717) is 11.5 Å². The zero-order valence-electron chi connectivity index (χ0n) is 16.2. The maximum atomic E-state index is 12.6. The number of halogens is 3. The number of pyridine rings is 1. The van der Waals surface area contributed by atoms with Crippen LogP contribution < -0.4 is 5.32 Å². The summed E-state index contributed by atoms with van der Waals surface area (Å²) in [6.45, 7) is 5.13. The summed E-state index contributed by atoms with van der Waals surface area (Å²) in [6.07, 6.45) is -1.14. The van der Waals surface area contributed by atoms with Crippen molar-refractivity contribution in [1.29, 1.82) is 0 Å². The first kappa shape index (κ1) is 22.1. The Kier molecular flexibility index (Phi) is 6.65. The standard InChI is InChI=1S/C20H17Cl3N4O3/c1-10-9-11(2)27(26-10)16-8-7-14(22)18(25-16)20(29)30-12(3)19(28)24-15-6-4-5-13(21)17(15)23/h4-9,12H,1-3H3,(H,24,28). The molecule has 0 aliphatic rings. The number of ether oxygens (including phenoxy) is 1. The summed E-state index contributed by atoms with van der Waals surface area (Å²) in [5.41, 5.74) is 1.83. The number of hydrogen-bond acceptors (Lipinski definition) is 5. The highest BCUT2D eigenvalue weighted by molar-refractivity contribution is 6.44. The van der Waals surface area contributed by atoms with Gasteiger partial charge in [0.25, 0.3) is 5.91 Å². The van der Waals surface area contributed by atoms with Gasteiger partial charge < -0.3 is 10.1 Å². The molecule has 156 valence electrons. The van der Waals surface area contributed by atoms with Crippen LogP contribution in [0, 0.1) is 13.8 Å². The lowest BCUT2D eigenvalue weighted by molar-refractivity contribution is -0.123. The third kappa shape index (κ3) is 4.75. The number of anilines is 1. The summed E-state index contributed by atoms with van der Waals surface area (Å²) in [7, 11) is 0. The predicted octanol–water partition coefficient (Wildman–Crippen LogP) is 5.03. The van der Waals surface area contributed by atoms with Crippen LogP contribution in [0.3, 0.4) is 0 Å². The van der Waals surface area contributed by atoms with Gasteiger partial charge in [-0.2, -0.15) is 5.10 Å². The molecule has 3 aromatic rings. The van der Waals surface area contributed by atoms with Crippen LogP contribution >= 0.6 is 34.8 Å². The molecule has 0 bridgehead atoms. The van der Waals surface area contributed by atoms with Crippen LogP contribution in [0.15, 0.2) is 36.4 Å². The number of carbonyl (C=O) groups is 2. The minimum absolute atomic E-state index is 0.0933. The van der Waals surface area contributed by atoms with Gasteiger partial charge in [0.15, 0.2) is 17.6 Å². The first-order chi connectivity index (χ1) is 14.2. The van der Waals surface area contributed by atoms with E-state index in [-0.39, 0.29) is 20.8 Å². The molecule has 3 rings (SSSR count). The Labute approximate surface area is 187 Å². The van der Waals surface area contributed by atoms with E-state index in [0.717, 1.165) is 11.4 Å². The van der Waals surface area contributed by atoms with Gasteiger partial charge in [0, 0.05) is 5.69 Å². The van der Waals surface area contributed by atoms with Gasteiger partial charge in [0.05, 0.1) is 26.4 Å². The van der Waals surface area contributed by atoms with Crippen LogP contribution in [0.25, 0.3) is 5.82 Å². The van der Waals surface area contributed by atoms with Crippen molar-refractivity contribution in [1.82, 2.24) is 14.8 Å². The molecule has 1 N–H and O–H groups in total. The smallest absolute Gasteiger partial charge is 0.359 e. The third-order valence-electron chi connectivity index (χ3n) is 4.11. The van der Waals surface area contributed by atoms with Crippen LogP contribution in [0.5, 0.6) is 0 Å². The second kappa shape index (κ2) is 9.04. The van der Waals surface area contributed by atoms with Crippen molar-refractivity contribution in [2.24, 2.45) is 0 Å². The number of amides is 1. The van der Waals surface area contributed by atoms with E-state index in [2.05, 4.69) is 15.4 Å². The van der Waals surface area contributed by atoms with Gasteiger partial charge in [-0.15, -0.1) is 0 Å². The summed E-state index contributed by atoms with van der Waals surface area (Å²) in [5.74, 6) is -1.03. The molecule has 30 heavy (non-hydrogen) atoms. The van der Waals surface area contributed by atoms with E-state index >= 15 is 0 Å². The van der Waals surface area contributed by atoms with Gasteiger partial charge in [0.2, 0.25) is 0 Å². The van der Waals surface area contributed by atoms with Gasteiger partial charge >= 0.3 is 5.97 Å². The van der Waals surface area contributed by atoms with Crippen molar-refractivity contribution >= 4 is 52.4 Å². The lowest BCUT2D eigenvalue weighted by Crippen LogP contribution is -2.30. The Morgan fingerprint density at radius 3 is 2.50 bits per heavy atom. The molecule has 0 saturated heterocycles. The summed E-state index contributed by atoms with van der Waals surface area (Å²) in [4.78, 5) is 29.3. The van der Waals surface area contributed by atoms with E-state index in [9.17, 15) is 9.59 Å². The highest BCUT2D eigenvalue weighted by Gasteiger charge is 2.23. The molecule has 1 aromatic carbocycles. The first-order valence-corrected chi connectivity index (χ1v) is 9.97. The Balaban J connectivity index is 1.76. The second-order valence-corrected chi connectivity index (χ2v) is 7.67. The summed E-state index contributed by atoms with van der Waals surface area (Å²) in [6, 6.07) is 9.84. The van der Waals surface area contributed by atoms with E-state index < -0.39 is 18.0 Å². The number of carbonyl (C=O) groups excluding carboxylic acids is 2. The zero-order valence-corrected chi connectivity index (χ0v) is 18.5. The fraction of sp³-hybridized carbons (Fsp3) is 0.200. The van der Waals surface area contributed by atoms with Gasteiger partial charge in [-0.25, -0.2) is 14.5 Å². The molecular weight excluding hydrogens is 451 g/mol. The first-order valence-electron chi connectivity index (χ1n) is 8.83. The van der Waals surface area contributed by atoms with Gasteiger partial charge in [-0.1, -0.05) is 40.9 Å². The minimum atomic E-state index is -1.14. The number of aromatic nitrogens is 3. The number of aryl methyl sites for hydroxylation is 2. The maximum Gasteiger partial charge on any atom is 0.359 e. The van der Waals surface area contributed by atoms with E-state index in [1.165, 1.54) is 13.0 Å². The number of rotatable bonds is 5. The molecule has 2 heterocycles. The van der Waals surface area contributed by atoms with Crippen molar-refractivity contribution in [2.45, 2.75) is 26.9 Å². The highest BCUT2D eigenvalue weighted by atomic mass is 35.5. The van der Waals surface area contributed by atoms with Gasteiger partial charge in [-0.3, -0.25) is 4.79 Å². The monoisotopic (exact) mass is 466 g/mol. The van der Waals surface area contributed by atoms with Crippen molar-refractivity contribution in [3.8, 4) is 5.82 Å². The van der Waals surface area contributed by atoms with Gasteiger partial charge in [0.1, 0.15) is 0 Å². The predicted molar refractivity (Wildman–Crippen MR) is 116 cm³/mol. The van der Waals surface area contributed by atoms with Crippen LogP contribution in [0.4, 0.5) is 5.69 Å². The second-order valence-electron chi connectivity index (χ2n) is 6.48. The van der Waals surface area contributed by atoms with Crippen molar-refractivity contribution in [2.75, 3.05) is 5.32 Å². The average molecular weight is 468 g/mol. The fourth-order valence-corrected chi connectivity index (χ4v) is 3.19. The lowest BCUT2D eigenvalue weighted by Gasteiger charge is -2.15. The average Bonchev–Trinajstić information content (AvgIpc) is 3.03. The number of hydrogen-bond donors (Lipinski definition) is 1. The number of esters is 1. The number of nitrogens with one attached hydrogen (secondary N) is 1. The largest absolute Gasteiger partial charge is 0.448 e. The Hall–Kier alpha value is -2.61. The minimum Gasteiger partial charge on any atom is -0.448 e. The van der Waals surface area contributed by atoms with Crippen LogP contribution in [0.2, 0.25) is 15.1 Å². The maximum absolute atomic E-state index is 12.6. The molecule has 1 amide bonds. The quantitative estimate of drug-likeness (QED) is 0.532. The van der Waals surface area contributed by atoms with E-state index in [4.69, 9.17) is 39.5 Å². The number of nitrogens with zero attached hydrogens (tertiary/aromatic N) is 3. The SMILES string of the molecule is Cc1cc(C)n(-c2ccc(Cl)c(C(=O)OC(C)C(=O)Nc3cccc(Cl)c3Cl)n2)n1. The Morgan fingerprint density at radius 1 is 1.10 bits per heavy atom. The number of benzene rings is 1. The molecule has 0 radical (unpaired) electrons. The Morgan fingerprint density at radius 2 is 1.83 bits per heavy atom. The molecular formula is C20H17Cl3N4O3. The fourth-order valence-electron chi connectivity index (χ4n) is 2.66. The molecule has 0 aliphatic carbocycles. The molecule has 1 atom stereocenters.